The SMILES string of the molecule is c1ccc(-n2c3ccccc3c3cc4c(cc32)c2ccccc2n4-c2ccc3c(c2)C24CCC(c5ccccc5-3)C35CCC(CCC(C2)c2ccccc2-c2ccccc2C43)c2ccccc2-c2ccccc25)cc1. The van der Waals surface area contributed by atoms with E-state index >= 15 is 0 Å². The van der Waals surface area contributed by atoms with E-state index < -0.39 is 0 Å². The molecule has 1 spiro atoms. The molecule has 0 radical (unpaired) electrons. The summed E-state index contributed by atoms with van der Waals surface area (Å²) in [7, 11) is 0. The van der Waals surface area contributed by atoms with Crippen LogP contribution >= 0.6 is 0 Å². The Labute approximate surface area is 438 Å². The van der Waals surface area contributed by atoms with Gasteiger partial charge in [-0.2, -0.15) is 0 Å². The molecule has 2 fully saturated rings. The Morgan fingerprint density at radius 1 is 0.320 bits per heavy atom. The van der Waals surface area contributed by atoms with E-state index in [4.69, 9.17) is 0 Å². The predicted molar refractivity (Wildman–Crippen MR) is 311 cm³/mol. The van der Waals surface area contributed by atoms with Crippen molar-refractivity contribution in [1.29, 1.82) is 0 Å². The molecule has 0 saturated heterocycles. The first-order valence-electron chi connectivity index (χ1n) is 27.8. The molecule has 75 heavy (non-hydrogen) atoms. The lowest BCUT2D eigenvalue weighted by molar-refractivity contribution is 0.0796. The molecule has 2 nitrogen and oxygen atoms in total. The smallest absolute Gasteiger partial charge is 0.0548 e. The second-order valence-electron chi connectivity index (χ2n) is 23.0. The minimum absolute atomic E-state index is 0.199. The normalized spacial score (nSPS) is 22.9. The van der Waals surface area contributed by atoms with Gasteiger partial charge in [-0.25, -0.2) is 0 Å². The zero-order valence-corrected chi connectivity index (χ0v) is 42.1. The summed E-state index contributed by atoms with van der Waals surface area (Å²) in [5, 5.41) is 5.12. The first-order valence-corrected chi connectivity index (χ1v) is 27.8. The molecule has 10 aromatic carbocycles. The van der Waals surface area contributed by atoms with Gasteiger partial charge in [0.05, 0.1) is 22.1 Å². The summed E-state index contributed by atoms with van der Waals surface area (Å²) in [6, 6.07) is 90.4. The average molecular weight is 961 g/mol. The first kappa shape index (κ1) is 42.2. The first-order chi connectivity index (χ1) is 37.2. The molecule has 2 saturated carbocycles. The van der Waals surface area contributed by atoms with E-state index in [2.05, 4.69) is 240 Å². The molecule has 358 valence electrons. The molecular weight excluding hydrogens is 905 g/mol. The number of rotatable bonds is 2. The Kier molecular flexibility index (Phi) is 8.81. The summed E-state index contributed by atoms with van der Waals surface area (Å²) in [4.78, 5) is 0. The molecular formula is C73H56N2. The molecule has 0 aliphatic heterocycles. The molecule has 0 N–H and O–H groups in total. The predicted octanol–water partition coefficient (Wildman–Crippen LogP) is 18.9. The quantitative estimate of drug-likeness (QED) is 0.163. The highest BCUT2D eigenvalue weighted by Gasteiger charge is 2.64. The van der Waals surface area contributed by atoms with Crippen LogP contribution in [0.3, 0.4) is 0 Å². The van der Waals surface area contributed by atoms with Crippen molar-refractivity contribution in [2.24, 2.45) is 0 Å². The lowest BCUT2D eigenvalue weighted by Crippen LogP contribution is -2.56. The molecule has 6 atom stereocenters. The van der Waals surface area contributed by atoms with Gasteiger partial charge < -0.3 is 9.13 Å². The number of nitrogens with zero attached hydrogens (tertiary/aromatic N) is 2. The van der Waals surface area contributed by atoms with Crippen LogP contribution in [0.4, 0.5) is 0 Å². The molecule has 12 aromatic rings. The molecule has 17 rings (SSSR count). The maximum Gasteiger partial charge on any atom is 0.0548 e. The van der Waals surface area contributed by atoms with Crippen LogP contribution < -0.4 is 0 Å². The van der Waals surface area contributed by atoms with Gasteiger partial charge in [0.1, 0.15) is 0 Å². The van der Waals surface area contributed by atoms with Crippen molar-refractivity contribution >= 4 is 43.6 Å². The van der Waals surface area contributed by atoms with Crippen molar-refractivity contribution in [3.8, 4) is 44.8 Å². The van der Waals surface area contributed by atoms with E-state index in [1.807, 2.05) is 0 Å². The molecule has 2 heterocycles. The number of aromatic nitrogens is 2. The van der Waals surface area contributed by atoms with E-state index in [-0.39, 0.29) is 16.7 Å². The van der Waals surface area contributed by atoms with Crippen molar-refractivity contribution in [2.75, 3.05) is 0 Å². The third kappa shape index (κ3) is 5.65. The Balaban J connectivity index is 1.01. The Bertz CT molecular complexity index is 4340. The van der Waals surface area contributed by atoms with Gasteiger partial charge in [0.2, 0.25) is 0 Å². The van der Waals surface area contributed by atoms with Crippen LogP contribution in [0.15, 0.2) is 231 Å². The van der Waals surface area contributed by atoms with Gasteiger partial charge in [0.15, 0.2) is 0 Å². The highest BCUT2D eigenvalue weighted by Crippen LogP contribution is 2.73. The highest BCUT2D eigenvalue weighted by atomic mass is 15.0. The van der Waals surface area contributed by atoms with Crippen LogP contribution in [0.5, 0.6) is 0 Å². The van der Waals surface area contributed by atoms with Gasteiger partial charge in [-0.05, 0) is 178 Å². The van der Waals surface area contributed by atoms with Crippen LogP contribution in [0.25, 0.3) is 88.4 Å². The molecule has 2 aromatic heterocycles. The minimum atomic E-state index is -0.211. The van der Waals surface area contributed by atoms with E-state index in [1.165, 1.54) is 112 Å². The Hall–Kier alpha value is -8.20. The van der Waals surface area contributed by atoms with Gasteiger partial charge in [-0.1, -0.05) is 182 Å². The van der Waals surface area contributed by atoms with Crippen molar-refractivity contribution in [1.82, 2.24) is 9.13 Å². The summed E-state index contributed by atoms with van der Waals surface area (Å²) < 4.78 is 5.10. The monoisotopic (exact) mass is 960 g/mol. The zero-order chi connectivity index (χ0) is 49.0. The summed E-state index contributed by atoms with van der Waals surface area (Å²) >= 11 is 0. The fourth-order valence-electron chi connectivity index (χ4n) is 17.2. The van der Waals surface area contributed by atoms with Crippen molar-refractivity contribution in [3.05, 3.63) is 264 Å². The number of benzene rings is 10. The van der Waals surface area contributed by atoms with Crippen molar-refractivity contribution in [2.45, 2.75) is 79.4 Å². The molecule has 2 heteroatoms. The minimum Gasteiger partial charge on any atom is -0.309 e. The standard InChI is InChI=1S/C73H56N2/c1-2-18-48(19-3-1)74-67-32-16-13-28-59(67)62-44-70-63(43-69(62)74)60-29-14-17-33-68(60)75(70)49-36-37-58-55-25-8-10-26-57(55)65-39-40-72(66(58)42-49)45-47-35-34-46-38-41-73(65,64-31-15-12-27-56(64)53-23-7-4-20-50(46)53)71(72)61-30-11-9-24-54(61)52-22-6-5-21-51(47)52/h1-33,36-37,42-44,46-47,65,71H,34-35,38-41,45H2. The number of fused-ring (bicyclic) bond motifs is 21. The van der Waals surface area contributed by atoms with E-state index in [0.29, 0.717) is 17.8 Å². The second kappa shape index (κ2) is 15.7. The molecule has 5 aliphatic carbocycles. The summed E-state index contributed by atoms with van der Waals surface area (Å²) in [5.41, 5.74) is 24.9. The van der Waals surface area contributed by atoms with Crippen LogP contribution in [-0.2, 0) is 10.8 Å². The molecule has 6 unspecified atom stereocenters. The lowest BCUT2D eigenvalue weighted by atomic mass is 9.39. The van der Waals surface area contributed by atoms with E-state index in [1.54, 1.807) is 22.3 Å². The number of hydrogen-bond acceptors (Lipinski definition) is 0. The number of para-hydroxylation sites is 3. The molecule has 6 bridgehead atoms. The summed E-state index contributed by atoms with van der Waals surface area (Å²) in [6.45, 7) is 0. The highest BCUT2D eigenvalue weighted by molar-refractivity contribution is 6.19. The third-order valence-corrected chi connectivity index (χ3v) is 19.9. The van der Waals surface area contributed by atoms with Crippen LogP contribution in [0.1, 0.15) is 102 Å². The van der Waals surface area contributed by atoms with Gasteiger partial charge >= 0.3 is 0 Å². The summed E-state index contributed by atoms with van der Waals surface area (Å²) in [5.74, 6) is 1.38. The fraction of sp³-hybridized carbons (Fsp3) is 0.178. The Morgan fingerprint density at radius 2 is 0.827 bits per heavy atom. The molecule has 0 amide bonds. The third-order valence-electron chi connectivity index (χ3n) is 19.9. The van der Waals surface area contributed by atoms with Crippen molar-refractivity contribution < 1.29 is 0 Å². The Morgan fingerprint density at radius 3 is 1.53 bits per heavy atom. The van der Waals surface area contributed by atoms with E-state index in [0.717, 1.165) is 32.1 Å². The van der Waals surface area contributed by atoms with Gasteiger partial charge in [0, 0.05) is 49.7 Å². The van der Waals surface area contributed by atoms with Crippen LogP contribution in [0, 0.1) is 0 Å². The van der Waals surface area contributed by atoms with Gasteiger partial charge in [-0.3, -0.25) is 0 Å². The van der Waals surface area contributed by atoms with Crippen LogP contribution in [-0.4, -0.2) is 9.13 Å². The second-order valence-corrected chi connectivity index (χ2v) is 23.0. The maximum atomic E-state index is 2.74. The largest absolute Gasteiger partial charge is 0.309 e. The maximum absolute atomic E-state index is 2.74. The lowest BCUT2D eigenvalue weighted by Gasteiger charge is -2.64. The number of hydrogen-bond donors (Lipinski definition) is 0. The average Bonchev–Trinajstić information content (AvgIpc) is 3.98. The topological polar surface area (TPSA) is 9.86 Å². The van der Waals surface area contributed by atoms with E-state index in [9.17, 15) is 0 Å². The van der Waals surface area contributed by atoms with Gasteiger partial charge in [0.25, 0.3) is 0 Å². The zero-order valence-electron chi connectivity index (χ0n) is 42.1. The summed E-state index contributed by atoms with van der Waals surface area (Å²) in [6.07, 6.45) is 8.06. The van der Waals surface area contributed by atoms with Gasteiger partial charge in [-0.15, -0.1) is 0 Å². The van der Waals surface area contributed by atoms with Crippen molar-refractivity contribution in [3.63, 3.8) is 0 Å². The fourth-order valence-corrected chi connectivity index (χ4v) is 17.2. The molecule has 5 aliphatic rings. The van der Waals surface area contributed by atoms with Crippen LogP contribution in [0.2, 0.25) is 0 Å².